The first-order valence-corrected chi connectivity index (χ1v) is 13.8. The molecular formula is C36H24MgN2O8. The molecule has 11 heteroatoms. The van der Waals surface area contributed by atoms with Crippen LogP contribution in [0, 0.1) is 0 Å². The summed E-state index contributed by atoms with van der Waals surface area (Å²) < 4.78 is 0. The van der Waals surface area contributed by atoms with Crippen LogP contribution in [-0.4, -0.2) is 57.0 Å². The summed E-state index contributed by atoms with van der Waals surface area (Å²) in [4.78, 5) is 46.5. The zero-order valence-corrected chi connectivity index (χ0v) is 26.0. The van der Waals surface area contributed by atoms with Crippen LogP contribution >= 0.6 is 0 Å². The van der Waals surface area contributed by atoms with Crippen LogP contribution in [0.2, 0.25) is 0 Å². The third-order valence-corrected chi connectivity index (χ3v) is 7.03. The van der Waals surface area contributed by atoms with Crippen LogP contribution in [0.3, 0.4) is 0 Å². The zero-order chi connectivity index (χ0) is 32.8. The van der Waals surface area contributed by atoms with Crippen LogP contribution in [0.15, 0.2) is 121 Å². The van der Waals surface area contributed by atoms with Crippen molar-refractivity contribution in [1.29, 1.82) is 0 Å². The molecule has 0 aliphatic carbocycles. The molecular weight excluding hydrogens is 613 g/mol. The van der Waals surface area contributed by atoms with Crippen LogP contribution in [0.5, 0.6) is 11.5 Å². The van der Waals surface area contributed by atoms with E-state index in [2.05, 4.69) is 10.6 Å². The Kier molecular flexibility index (Phi) is 10.8. The molecule has 0 radical (unpaired) electrons. The Hall–Kier alpha value is -5.91. The van der Waals surface area contributed by atoms with Crippen LogP contribution in [0.25, 0.3) is 21.5 Å². The van der Waals surface area contributed by atoms with E-state index in [9.17, 15) is 39.6 Å². The smallest absolute Gasteiger partial charge is 0.545 e. The number of anilines is 2. The summed E-state index contributed by atoms with van der Waals surface area (Å²) >= 11 is 0. The molecule has 6 aromatic carbocycles. The predicted octanol–water partition coefficient (Wildman–Crippen LogP) is 3.94. The number of nitrogens with one attached hydrogen (secondary N) is 2. The summed E-state index contributed by atoms with van der Waals surface area (Å²) in [5.41, 5.74) is 0.642. The molecule has 228 valence electrons. The van der Waals surface area contributed by atoms with Crippen molar-refractivity contribution in [2.24, 2.45) is 0 Å². The van der Waals surface area contributed by atoms with Crippen molar-refractivity contribution < 1.29 is 39.6 Å². The molecule has 6 aromatic rings. The number of amides is 2. The average Bonchev–Trinajstić information content (AvgIpc) is 3.05. The van der Waals surface area contributed by atoms with Gasteiger partial charge in [0.15, 0.2) is 0 Å². The number of carbonyl (C=O) groups is 4. The standard InChI is InChI=1S/2C18H13NO4.Mg/c2*20-16-9-8-12(10-14(16)18(22)23)17(21)19-15-7-3-5-11-4-1-2-6-13(11)15;/h2*1-10,20H,(H,19,21)(H,22,23);/q;;+2/p-2. The van der Waals surface area contributed by atoms with Gasteiger partial charge in [0.2, 0.25) is 0 Å². The molecule has 47 heavy (non-hydrogen) atoms. The normalized spacial score (nSPS) is 10.2. The molecule has 0 saturated carbocycles. The third kappa shape index (κ3) is 7.85. The molecule has 10 nitrogen and oxygen atoms in total. The van der Waals surface area contributed by atoms with Gasteiger partial charge in [-0.05, 0) is 59.3 Å². The van der Waals surface area contributed by atoms with Gasteiger partial charge >= 0.3 is 23.1 Å². The Morgan fingerprint density at radius 3 is 1.23 bits per heavy atom. The second kappa shape index (κ2) is 14.9. The molecule has 0 bridgehead atoms. The number of carbonyl (C=O) groups excluding carboxylic acids is 4. The minimum Gasteiger partial charge on any atom is -0.545 e. The maximum atomic E-state index is 12.3. The Bertz CT molecular complexity index is 1980. The second-order valence-corrected chi connectivity index (χ2v) is 10.0. The second-order valence-electron chi connectivity index (χ2n) is 10.0. The van der Waals surface area contributed by atoms with Gasteiger partial charge in [-0.3, -0.25) is 9.59 Å². The van der Waals surface area contributed by atoms with Gasteiger partial charge in [-0.1, -0.05) is 72.8 Å². The van der Waals surface area contributed by atoms with Crippen molar-refractivity contribution in [1.82, 2.24) is 0 Å². The summed E-state index contributed by atoms with van der Waals surface area (Å²) in [6.07, 6.45) is 0. The molecule has 0 aliphatic rings. The molecule has 6 rings (SSSR count). The van der Waals surface area contributed by atoms with E-state index in [0.29, 0.717) is 11.4 Å². The van der Waals surface area contributed by atoms with E-state index < -0.39 is 46.4 Å². The van der Waals surface area contributed by atoms with Gasteiger partial charge < -0.3 is 40.6 Å². The first-order valence-electron chi connectivity index (χ1n) is 13.8. The van der Waals surface area contributed by atoms with E-state index in [4.69, 9.17) is 0 Å². The van der Waals surface area contributed by atoms with Crippen LogP contribution < -0.4 is 20.8 Å². The fourth-order valence-corrected chi connectivity index (χ4v) is 4.74. The fourth-order valence-electron chi connectivity index (χ4n) is 4.74. The Balaban J connectivity index is 0.000000208. The predicted molar refractivity (Wildman–Crippen MR) is 174 cm³/mol. The summed E-state index contributed by atoms with van der Waals surface area (Å²) in [6.45, 7) is 0. The molecule has 0 unspecified atom stereocenters. The minimum absolute atomic E-state index is 0. The SMILES string of the molecule is O=C(Nc1cccc2ccccc12)c1ccc(O)c(C(=O)[O-])c1.O=C(Nc1cccc2ccccc12)c1ccc(O)c(C(=O)[O-])c1.[Mg+2]. The Labute approximate surface area is 284 Å². The minimum atomic E-state index is -1.54. The van der Waals surface area contributed by atoms with Gasteiger partial charge in [0, 0.05) is 44.4 Å². The first-order chi connectivity index (χ1) is 22.1. The van der Waals surface area contributed by atoms with Crippen molar-refractivity contribution in [3.05, 3.63) is 144 Å². The Morgan fingerprint density at radius 1 is 0.489 bits per heavy atom. The number of hydrogen-bond donors (Lipinski definition) is 4. The molecule has 2 amide bonds. The van der Waals surface area contributed by atoms with Crippen molar-refractivity contribution in [3.8, 4) is 11.5 Å². The van der Waals surface area contributed by atoms with Gasteiger partial charge in [0.05, 0.1) is 11.9 Å². The molecule has 0 saturated heterocycles. The molecule has 0 fully saturated rings. The number of fused-ring (bicyclic) bond motifs is 2. The van der Waals surface area contributed by atoms with Crippen molar-refractivity contribution in [2.45, 2.75) is 0 Å². The maximum absolute atomic E-state index is 12.3. The van der Waals surface area contributed by atoms with Gasteiger partial charge in [0.25, 0.3) is 11.8 Å². The molecule has 0 aromatic heterocycles. The number of aromatic carboxylic acids is 2. The van der Waals surface area contributed by atoms with Crippen molar-refractivity contribution in [3.63, 3.8) is 0 Å². The maximum Gasteiger partial charge on any atom is 2.00 e. The summed E-state index contributed by atoms with van der Waals surface area (Å²) in [6, 6.07) is 33.4. The summed E-state index contributed by atoms with van der Waals surface area (Å²) in [7, 11) is 0. The van der Waals surface area contributed by atoms with Crippen LogP contribution in [-0.2, 0) is 0 Å². The van der Waals surface area contributed by atoms with E-state index >= 15 is 0 Å². The third-order valence-electron chi connectivity index (χ3n) is 7.03. The number of hydrogen-bond acceptors (Lipinski definition) is 8. The number of carboxylic acid groups (broad SMARTS) is 2. The number of benzene rings is 6. The van der Waals surface area contributed by atoms with Gasteiger partial charge in [-0.15, -0.1) is 0 Å². The van der Waals surface area contributed by atoms with E-state index in [0.717, 1.165) is 45.8 Å². The first kappa shape index (κ1) is 34.0. The number of aromatic hydroxyl groups is 2. The molecule has 0 aliphatic heterocycles. The Morgan fingerprint density at radius 2 is 0.851 bits per heavy atom. The number of rotatable bonds is 6. The van der Waals surface area contributed by atoms with E-state index in [1.807, 2.05) is 72.8 Å². The fraction of sp³-hybridized carbons (Fsp3) is 0. The van der Waals surface area contributed by atoms with Crippen LogP contribution in [0.1, 0.15) is 41.4 Å². The molecule has 4 N–H and O–H groups in total. The average molecular weight is 637 g/mol. The van der Waals surface area contributed by atoms with Gasteiger partial charge in [-0.25, -0.2) is 0 Å². The van der Waals surface area contributed by atoms with Gasteiger partial charge in [-0.2, -0.15) is 0 Å². The van der Waals surface area contributed by atoms with Gasteiger partial charge in [0.1, 0.15) is 11.5 Å². The monoisotopic (exact) mass is 636 g/mol. The van der Waals surface area contributed by atoms with Crippen LogP contribution in [0.4, 0.5) is 11.4 Å². The van der Waals surface area contributed by atoms with Crippen molar-refractivity contribution >= 4 is 79.7 Å². The molecule has 0 atom stereocenters. The quantitative estimate of drug-likeness (QED) is 0.199. The zero-order valence-electron chi connectivity index (χ0n) is 24.6. The number of phenols is 2. The van der Waals surface area contributed by atoms with E-state index in [1.54, 1.807) is 12.1 Å². The largest absolute Gasteiger partial charge is 2.00 e. The van der Waals surface area contributed by atoms with Crippen molar-refractivity contribution in [2.75, 3.05) is 10.6 Å². The van der Waals surface area contributed by atoms with E-state index in [1.165, 1.54) is 12.1 Å². The summed E-state index contributed by atoms with van der Waals surface area (Å²) in [5, 5.41) is 50.0. The number of carboxylic acids is 2. The van der Waals surface area contributed by atoms with E-state index in [-0.39, 0.29) is 34.2 Å². The molecule has 0 spiro atoms. The topological polar surface area (TPSA) is 179 Å². The molecule has 0 heterocycles. The summed E-state index contributed by atoms with van der Waals surface area (Å²) in [5.74, 6) is -4.89.